The molecule has 1 aromatic heterocycles. The summed E-state index contributed by atoms with van der Waals surface area (Å²) in [7, 11) is 0. The van der Waals surface area contributed by atoms with Crippen LogP contribution < -0.4 is 5.32 Å². The van der Waals surface area contributed by atoms with Gasteiger partial charge in [0.2, 0.25) is 0 Å². The zero-order chi connectivity index (χ0) is 12.1. The zero-order valence-electron chi connectivity index (χ0n) is 9.74. The number of rotatable bonds is 5. The van der Waals surface area contributed by atoms with E-state index >= 15 is 0 Å². The Morgan fingerprint density at radius 3 is 2.76 bits per heavy atom. The van der Waals surface area contributed by atoms with Crippen LogP contribution in [0, 0.1) is 0 Å². The maximum Gasteiger partial charge on any atom is 0.196 e. The summed E-state index contributed by atoms with van der Waals surface area (Å²) in [5.41, 5.74) is 0.997. The first-order valence-corrected chi connectivity index (χ1v) is 6.08. The molecule has 0 saturated heterocycles. The SMILES string of the molecule is CCNCCc1ncc(-c2ccc(Cl)cc2)o1. The predicted octanol–water partition coefficient (Wildman–Crippen LogP) is 3.15. The Hall–Kier alpha value is -1.32. The van der Waals surface area contributed by atoms with E-state index in [9.17, 15) is 0 Å². The third-order valence-electron chi connectivity index (χ3n) is 2.45. The molecule has 0 fully saturated rings. The van der Waals surface area contributed by atoms with Gasteiger partial charge in [0.25, 0.3) is 0 Å². The third-order valence-corrected chi connectivity index (χ3v) is 2.70. The minimum atomic E-state index is 0.723. The van der Waals surface area contributed by atoms with Gasteiger partial charge in [0.05, 0.1) is 6.20 Å². The fourth-order valence-electron chi connectivity index (χ4n) is 1.55. The van der Waals surface area contributed by atoms with E-state index in [4.69, 9.17) is 16.0 Å². The number of hydrogen-bond donors (Lipinski definition) is 1. The number of halogens is 1. The van der Waals surface area contributed by atoms with Crippen molar-refractivity contribution in [3.63, 3.8) is 0 Å². The van der Waals surface area contributed by atoms with E-state index in [0.717, 1.165) is 41.7 Å². The van der Waals surface area contributed by atoms with Gasteiger partial charge in [-0.3, -0.25) is 0 Å². The first-order valence-electron chi connectivity index (χ1n) is 5.71. The molecule has 1 heterocycles. The number of benzene rings is 1. The van der Waals surface area contributed by atoms with Crippen LogP contribution in [0.5, 0.6) is 0 Å². The summed E-state index contributed by atoms with van der Waals surface area (Å²) in [5.74, 6) is 1.55. The highest BCUT2D eigenvalue weighted by molar-refractivity contribution is 6.30. The summed E-state index contributed by atoms with van der Waals surface area (Å²) in [6, 6.07) is 7.54. The monoisotopic (exact) mass is 250 g/mol. The van der Waals surface area contributed by atoms with Crippen molar-refractivity contribution >= 4 is 11.6 Å². The Morgan fingerprint density at radius 2 is 2.06 bits per heavy atom. The van der Waals surface area contributed by atoms with Gasteiger partial charge in [0.15, 0.2) is 11.7 Å². The lowest BCUT2D eigenvalue weighted by Crippen LogP contribution is -2.16. The Balaban J connectivity index is 2.04. The lowest BCUT2D eigenvalue weighted by Gasteiger charge is -1.98. The van der Waals surface area contributed by atoms with Crippen LogP contribution >= 0.6 is 11.6 Å². The highest BCUT2D eigenvalue weighted by atomic mass is 35.5. The second-order valence-corrected chi connectivity index (χ2v) is 4.17. The number of nitrogens with zero attached hydrogens (tertiary/aromatic N) is 1. The van der Waals surface area contributed by atoms with Crippen LogP contribution in [0.2, 0.25) is 5.02 Å². The summed E-state index contributed by atoms with van der Waals surface area (Å²) in [6.45, 7) is 3.93. The fraction of sp³-hybridized carbons (Fsp3) is 0.308. The molecule has 0 aliphatic carbocycles. The largest absolute Gasteiger partial charge is 0.441 e. The Kier molecular flexibility index (Phi) is 4.18. The van der Waals surface area contributed by atoms with E-state index in [0.29, 0.717) is 0 Å². The van der Waals surface area contributed by atoms with Crippen LogP contribution in [-0.4, -0.2) is 18.1 Å². The Labute approximate surface area is 106 Å². The lowest BCUT2D eigenvalue weighted by atomic mass is 10.2. The van der Waals surface area contributed by atoms with Crippen molar-refractivity contribution in [2.45, 2.75) is 13.3 Å². The van der Waals surface area contributed by atoms with E-state index in [1.54, 1.807) is 6.20 Å². The standard InChI is InChI=1S/C13H15ClN2O/c1-2-15-8-7-13-16-9-12(17-13)10-3-5-11(14)6-4-10/h3-6,9,15H,2,7-8H2,1H3. The van der Waals surface area contributed by atoms with Crippen molar-refractivity contribution in [1.29, 1.82) is 0 Å². The number of hydrogen-bond acceptors (Lipinski definition) is 3. The smallest absolute Gasteiger partial charge is 0.196 e. The molecule has 2 rings (SSSR count). The molecule has 1 N–H and O–H groups in total. The first-order chi connectivity index (χ1) is 8.29. The molecule has 4 heteroatoms. The molecule has 0 aliphatic rings. The van der Waals surface area contributed by atoms with Gasteiger partial charge in [-0.05, 0) is 30.8 Å². The van der Waals surface area contributed by atoms with Crippen LogP contribution in [0.3, 0.4) is 0 Å². The molecule has 0 atom stereocenters. The molecule has 0 radical (unpaired) electrons. The van der Waals surface area contributed by atoms with Crippen LogP contribution in [-0.2, 0) is 6.42 Å². The molecule has 0 saturated carbocycles. The molecular formula is C13H15ClN2O. The highest BCUT2D eigenvalue weighted by Crippen LogP contribution is 2.22. The normalized spacial score (nSPS) is 10.7. The maximum absolute atomic E-state index is 5.83. The van der Waals surface area contributed by atoms with Gasteiger partial charge in [-0.1, -0.05) is 18.5 Å². The molecule has 17 heavy (non-hydrogen) atoms. The summed E-state index contributed by atoms with van der Waals surface area (Å²) in [5, 5.41) is 3.96. The summed E-state index contributed by atoms with van der Waals surface area (Å²) < 4.78 is 5.66. The van der Waals surface area contributed by atoms with Gasteiger partial charge >= 0.3 is 0 Å². The molecule has 2 aromatic rings. The Bertz CT molecular complexity index is 465. The lowest BCUT2D eigenvalue weighted by molar-refractivity contribution is 0.497. The number of nitrogens with one attached hydrogen (secondary N) is 1. The van der Waals surface area contributed by atoms with E-state index in [1.807, 2.05) is 24.3 Å². The van der Waals surface area contributed by atoms with Crippen molar-refractivity contribution in [1.82, 2.24) is 10.3 Å². The fourth-order valence-corrected chi connectivity index (χ4v) is 1.67. The van der Waals surface area contributed by atoms with Crippen LogP contribution in [0.4, 0.5) is 0 Å². The minimum Gasteiger partial charge on any atom is -0.441 e. The second-order valence-electron chi connectivity index (χ2n) is 3.73. The van der Waals surface area contributed by atoms with E-state index in [-0.39, 0.29) is 0 Å². The van der Waals surface area contributed by atoms with Gasteiger partial charge in [0.1, 0.15) is 0 Å². The molecule has 0 aliphatic heterocycles. The van der Waals surface area contributed by atoms with Crippen LogP contribution in [0.25, 0.3) is 11.3 Å². The molecule has 0 bridgehead atoms. The molecule has 3 nitrogen and oxygen atoms in total. The summed E-state index contributed by atoms with van der Waals surface area (Å²) in [6.07, 6.45) is 2.56. The van der Waals surface area contributed by atoms with Gasteiger partial charge in [-0.15, -0.1) is 0 Å². The van der Waals surface area contributed by atoms with E-state index in [2.05, 4.69) is 17.2 Å². The average Bonchev–Trinajstić information content (AvgIpc) is 2.79. The first kappa shape index (κ1) is 12.1. The molecule has 90 valence electrons. The average molecular weight is 251 g/mol. The quantitative estimate of drug-likeness (QED) is 0.829. The summed E-state index contributed by atoms with van der Waals surface area (Å²) >= 11 is 5.83. The van der Waals surface area contributed by atoms with E-state index in [1.165, 1.54) is 0 Å². The van der Waals surface area contributed by atoms with Crippen molar-refractivity contribution < 1.29 is 4.42 Å². The number of likely N-dealkylation sites (N-methyl/N-ethyl adjacent to an activating group) is 1. The van der Waals surface area contributed by atoms with Crippen molar-refractivity contribution in [2.75, 3.05) is 13.1 Å². The van der Waals surface area contributed by atoms with Crippen molar-refractivity contribution in [2.24, 2.45) is 0 Å². The van der Waals surface area contributed by atoms with Crippen molar-refractivity contribution in [3.05, 3.63) is 41.4 Å². The molecule has 1 aromatic carbocycles. The van der Waals surface area contributed by atoms with E-state index < -0.39 is 0 Å². The molecule has 0 amide bonds. The van der Waals surface area contributed by atoms with Gasteiger partial charge in [0, 0.05) is 23.6 Å². The van der Waals surface area contributed by atoms with Gasteiger partial charge in [-0.25, -0.2) is 4.98 Å². The molecular weight excluding hydrogens is 236 g/mol. The maximum atomic E-state index is 5.83. The van der Waals surface area contributed by atoms with Gasteiger partial charge < -0.3 is 9.73 Å². The van der Waals surface area contributed by atoms with Crippen LogP contribution in [0.1, 0.15) is 12.8 Å². The van der Waals surface area contributed by atoms with Crippen LogP contribution in [0.15, 0.2) is 34.9 Å². The van der Waals surface area contributed by atoms with Crippen molar-refractivity contribution in [3.8, 4) is 11.3 Å². The molecule has 0 unspecified atom stereocenters. The second kappa shape index (κ2) is 5.84. The zero-order valence-corrected chi connectivity index (χ0v) is 10.5. The minimum absolute atomic E-state index is 0.723. The highest BCUT2D eigenvalue weighted by Gasteiger charge is 2.05. The number of oxazole rings is 1. The Morgan fingerprint density at radius 1 is 1.29 bits per heavy atom. The summed E-state index contributed by atoms with van der Waals surface area (Å²) in [4.78, 5) is 4.25. The molecule has 0 spiro atoms. The number of aromatic nitrogens is 1. The topological polar surface area (TPSA) is 38.1 Å². The third kappa shape index (κ3) is 3.32. The predicted molar refractivity (Wildman–Crippen MR) is 69.2 cm³/mol. The van der Waals surface area contributed by atoms with Gasteiger partial charge in [-0.2, -0.15) is 0 Å².